The number of benzene rings is 1. The van der Waals surface area contributed by atoms with Crippen molar-refractivity contribution in [3.8, 4) is 0 Å². The highest BCUT2D eigenvalue weighted by molar-refractivity contribution is 6.42. The molecule has 1 nitrogen and oxygen atoms in total. The van der Waals surface area contributed by atoms with E-state index in [0.29, 0.717) is 10.6 Å². The summed E-state index contributed by atoms with van der Waals surface area (Å²) in [6.45, 7) is 0. The molecule has 0 aliphatic rings. The maximum Gasteiger partial charge on any atom is 0.389 e. The predicted octanol–water partition coefficient (Wildman–Crippen LogP) is 4.34. The van der Waals surface area contributed by atoms with Crippen molar-refractivity contribution in [2.75, 3.05) is 0 Å². The molecule has 0 saturated heterocycles. The van der Waals surface area contributed by atoms with Gasteiger partial charge in [0, 0.05) is 12.5 Å². The van der Waals surface area contributed by atoms with Gasteiger partial charge < -0.3 is 5.73 Å². The van der Waals surface area contributed by atoms with Gasteiger partial charge in [0.05, 0.1) is 10.0 Å². The second kappa shape index (κ2) is 5.25. The lowest BCUT2D eigenvalue weighted by Gasteiger charge is -2.15. The van der Waals surface area contributed by atoms with Crippen LogP contribution in [0.25, 0.3) is 0 Å². The average Bonchev–Trinajstić information content (AvgIpc) is 2.17. The van der Waals surface area contributed by atoms with Crippen LogP contribution in [0.1, 0.15) is 24.4 Å². The van der Waals surface area contributed by atoms with E-state index in [2.05, 4.69) is 0 Å². The van der Waals surface area contributed by atoms with Crippen LogP contribution in [0.2, 0.25) is 10.0 Å². The molecule has 0 spiro atoms. The molecule has 0 aliphatic carbocycles. The molecule has 1 atom stereocenters. The molecule has 0 saturated carbocycles. The van der Waals surface area contributed by atoms with Gasteiger partial charge in [-0.2, -0.15) is 13.2 Å². The van der Waals surface area contributed by atoms with Gasteiger partial charge in [-0.1, -0.05) is 35.3 Å². The van der Waals surface area contributed by atoms with Crippen LogP contribution < -0.4 is 5.73 Å². The molecule has 0 fully saturated rings. The van der Waals surface area contributed by atoms with Crippen LogP contribution in [0.4, 0.5) is 13.2 Å². The van der Waals surface area contributed by atoms with E-state index >= 15 is 0 Å². The number of rotatable bonds is 3. The lowest BCUT2D eigenvalue weighted by Crippen LogP contribution is -2.16. The third kappa shape index (κ3) is 3.85. The SMILES string of the molecule is N[C@@H](CCC(F)(F)F)c1cccc(Cl)c1Cl. The van der Waals surface area contributed by atoms with Crippen LogP contribution in [-0.2, 0) is 0 Å². The Morgan fingerprint density at radius 3 is 2.44 bits per heavy atom. The van der Waals surface area contributed by atoms with Gasteiger partial charge in [0.25, 0.3) is 0 Å². The van der Waals surface area contributed by atoms with Crippen molar-refractivity contribution in [1.82, 2.24) is 0 Å². The summed E-state index contributed by atoms with van der Waals surface area (Å²) < 4.78 is 36.0. The quantitative estimate of drug-likeness (QED) is 0.870. The van der Waals surface area contributed by atoms with Crippen molar-refractivity contribution in [2.45, 2.75) is 25.1 Å². The van der Waals surface area contributed by atoms with E-state index in [0.717, 1.165) is 0 Å². The fourth-order valence-corrected chi connectivity index (χ4v) is 1.73. The van der Waals surface area contributed by atoms with E-state index in [1.54, 1.807) is 18.2 Å². The normalized spacial score (nSPS) is 13.9. The smallest absolute Gasteiger partial charge is 0.324 e. The molecule has 1 aromatic rings. The standard InChI is InChI=1S/C10H10Cl2F3N/c11-7-3-1-2-6(9(7)12)8(16)4-5-10(13,14)15/h1-3,8H,4-5,16H2/t8-/m0/s1. The predicted molar refractivity (Wildman–Crippen MR) is 58.7 cm³/mol. The molecule has 0 heterocycles. The van der Waals surface area contributed by atoms with Crippen molar-refractivity contribution in [3.63, 3.8) is 0 Å². The summed E-state index contributed by atoms with van der Waals surface area (Å²) in [5.41, 5.74) is 6.07. The average molecular weight is 272 g/mol. The third-order valence-corrected chi connectivity index (χ3v) is 2.95. The summed E-state index contributed by atoms with van der Waals surface area (Å²) in [6, 6.07) is 3.99. The van der Waals surface area contributed by atoms with Crippen LogP contribution in [-0.4, -0.2) is 6.18 Å². The first-order valence-corrected chi connectivity index (χ1v) is 5.33. The van der Waals surface area contributed by atoms with E-state index in [9.17, 15) is 13.2 Å². The third-order valence-electron chi connectivity index (χ3n) is 2.12. The topological polar surface area (TPSA) is 26.0 Å². The summed E-state index contributed by atoms with van der Waals surface area (Å²) in [4.78, 5) is 0. The van der Waals surface area contributed by atoms with Crippen LogP contribution >= 0.6 is 23.2 Å². The first-order valence-electron chi connectivity index (χ1n) is 4.57. The lowest BCUT2D eigenvalue weighted by molar-refractivity contribution is -0.136. The molecule has 1 aromatic carbocycles. The molecule has 0 aromatic heterocycles. The Morgan fingerprint density at radius 2 is 1.88 bits per heavy atom. The van der Waals surface area contributed by atoms with Crippen molar-refractivity contribution in [1.29, 1.82) is 0 Å². The fourth-order valence-electron chi connectivity index (χ4n) is 1.28. The Hall–Kier alpha value is -0.450. The zero-order chi connectivity index (χ0) is 12.3. The Morgan fingerprint density at radius 1 is 1.25 bits per heavy atom. The van der Waals surface area contributed by atoms with Crippen LogP contribution in [0.3, 0.4) is 0 Å². The zero-order valence-electron chi connectivity index (χ0n) is 8.19. The molecular formula is C10H10Cl2F3N. The molecule has 1 rings (SSSR count). The molecule has 2 N–H and O–H groups in total. The van der Waals surface area contributed by atoms with E-state index < -0.39 is 18.6 Å². The molecule has 90 valence electrons. The highest BCUT2D eigenvalue weighted by Crippen LogP contribution is 2.32. The second-order valence-corrected chi connectivity index (χ2v) is 4.19. The van der Waals surface area contributed by atoms with E-state index in [1.165, 1.54) is 0 Å². The van der Waals surface area contributed by atoms with Crippen LogP contribution in [0.15, 0.2) is 18.2 Å². The number of alkyl halides is 3. The number of hydrogen-bond donors (Lipinski definition) is 1. The van der Waals surface area contributed by atoms with Crippen molar-refractivity contribution in [2.24, 2.45) is 5.73 Å². The number of hydrogen-bond acceptors (Lipinski definition) is 1. The summed E-state index contributed by atoms with van der Waals surface area (Å²) in [6.07, 6.45) is -5.34. The monoisotopic (exact) mass is 271 g/mol. The molecule has 0 aliphatic heterocycles. The summed E-state index contributed by atoms with van der Waals surface area (Å²) in [5, 5.41) is 0.514. The van der Waals surface area contributed by atoms with Gasteiger partial charge in [0.2, 0.25) is 0 Å². The van der Waals surface area contributed by atoms with Gasteiger partial charge >= 0.3 is 6.18 Å². The van der Waals surface area contributed by atoms with Crippen molar-refractivity contribution in [3.05, 3.63) is 33.8 Å². The van der Waals surface area contributed by atoms with Crippen molar-refractivity contribution >= 4 is 23.2 Å². The number of nitrogens with two attached hydrogens (primary N) is 1. The van der Waals surface area contributed by atoms with Gasteiger partial charge in [0.1, 0.15) is 0 Å². The van der Waals surface area contributed by atoms with Crippen LogP contribution in [0.5, 0.6) is 0 Å². The highest BCUT2D eigenvalue weighted by atomic mass is 35.5. The minimum Gasteiger partial charge on any atom is -0.324 e. The molecule has 6 heteroatoms. The first-order chi connectivity index (χ1) is 7.31. The second-order valence-electron chi connectivity index (χ2n) is 3.40. The van der Waals surface area contributed by atoms with Gasteiger partial charge in [-0.05, 0) is 18.1 Å². The van der Waals surface area contributed by atoms with Gasteiger partial charge in [-0.15, -0.1) is 0 Å². The van der Waals surface area contributed by atoms with Gasteiger partial charge in [-0.3, -0.25) is 0 Å². The van der Waals surface area contributed by atoms with Crippen LogP contribution in [0, 0.1) is 0 Å². The Labute approximate surface area is 101 Å². The fraction of sp³-hybridized carbons (Fsp3) is 0.400. The minimum absolute atomic E-state index is 0.205. The maximum absolute atomic E-state index is 12.0. The molecule has 0 amide bonds. The Bertz CT molecular complexity index is 366. The first kappa shape index (κ1) is 13.6. The molecule has 0 radical (unpaired) electrons. The zero-order valence-corrected chi connectivity index (χ0v) is 9.70. The lowest BCUT2D eigenvalue weighted by atomic mass is 10.0. The summed E-state index contributed by atoms with van der Waals surface area (Å²) in [7, 11) is 0. The molecule has 16 heavy (non-hydrogen) atoms. The maximum atomic E-state index is 12.0. The van der Waals surface area contributed by atoms with E-state index in [4.69, 9.17) is 28.9 Å². The number of halogens is 5. The van der Waals surface area contributed by atoms with Gasteiger partial charge in [0.15, 0.2) is 0 Å². The van der Waals surface area contributed by atoms with E-state index in [1.807, 2.05) is 0 Å². The molecule has 0 bridgehead atoms. The Kier molecular flexibility index (Phi) is 4.47. The molecule has 0 unspecified atom stereocenters. The van der Waals surface area contributed by atoms with Gasteiger partial charge in [-0.25, -0.2) is 0 Å². The summed E-state index contributed by atoms with van der Waals surface area (Å²) >= 11 is 11.6. The summed E-state index contributed by atoms with van der Waals surface area (Å²) in [5.74, 6) is 0. The molecular weight excluding hydrogens is 262 g/mol. The highest BCUT2D eigenvalue weighted by Gasteiger charge is 2.28. The largest absolute Gasteiger partial charge is 0.389 e. The van der Waals surface area contributed by atoms with Crippen molar-refractivity contribution < 1.29 is 13.2 Å². The van der Waals surface area contributed by atoms with E-state index in [-0.39, 0.29) is 11.4 Å². The minimum atomic E-state index is -4.21. The Balaban J connectivity index is 2.73.